The van der Waals surface area contributed by atoms with Crippen LogP contribution in [0.25, 0.3) is 0 Å². The summed E-state index contributed by atoms with van der Waals surface area (Å²) in [6, 6.07) is 12.7. The van der Waals surface area contributed by atoms with Gasteiger partial charge in [0.15, 0.2) is 0 Å². The van der Waals surface area contributed by atoms with E-state index in [0.717, 1.165) is 16.9 Å². The first kappa shape index (κ1) is 23.9. The highest BCUT2D eigenvalue weighted by Gasteiger charge is 2.59. The number of benzene rings is 2. The lowest BCUT2D eigenvalue weighted by Crippen LogP contribution is -2.69. The van der Waals surface area contributed by atoms with Crippen LogP contribution in [0.3, 0.4) is 0 Å². The Morgan fingerprint density at radius 2 is 1.74 bits per heavy atom. The van der Waals surface area contributed by atoms with Crippen molar-refractivity contribution in [3.63, 3.8) is 0 Å². The van der Waals surface area contributed by atoms with Crippen molar-refractivity contribution in [1.82, 2.24) is 0 Å². The number of hydrogen-bond acceptors (Lipinski definition) is 7. The molecule has 0 bridgehead atoms. The number of aliphatic hydroxyl groups is 4. The van der Waals surface area contributed by atoms with Crippen LogP contribution in [0, 0.1) is 0 Å². The second-order valence-corrected chi connectivity index (χ2v) is 8.29. The zero-order valence-corrected chi connectivity index (χ0v) is 18.5. The molecule has 170 valence electrons. The van der Waals surface area contributed by atoms with Gasteiger partial charge in [-0.1, -0.05) is 29.8 Å². The summed E-state index contributed by atoms with van der Waals surface area (Å²) in [6.07, 6.45) is -4.22. The summed E-state index contributed by atoms with van der Waals surface area (Å²) < 4.78 is 17.0. The van der Waals surface area contributed by atoms with Gasteiger partial charge in [0.25, 0.3) is 0 Å². The van der Waals surface area contributed by atoms with Crippen LogP contribution in [0.1, 0.15) is 30.5 Å². The van der Waals surface area contributed by atoms with E-state index < -0.39 is 36.3 Å². The van der Waals surface area contributed by atoms with E-state index >= 15 is 0 Å². The second-order valence-electron chi connectivity index (χ2n) is 7.88. The molecule has 5 atom stereocenters. The van der Waals surface area contributed by atoms with Gasteiger partial charge in [0.05, 0.1) is 13.2 Å². The molecule has 7 nitrogen and oxygen atoms in total. The molecule has 1 heterocycles. The normalized spacial score (nSPS) is 30.9. The quantitative estimate of drug-likeness (QED) is 0.508. The summed E-state index contributed by atoms with van der Waals surface area (Å²) in [5.41, 5.74) is 0.596. The Morgan fingerprint density at radius 3 is 2.32 bits per heavy atom. The minimum atomic E-state index is -1.81. The maximum atomic E-state index is 10.8. The molecule has 0 amide bonds. The van der Waals surface area contributed by atoms with Gasteiger partial charge in [0.2, 0.25) is 5.79 Å². The molecule has 31 heavy (non-hydrogen) atoms. The molecule has 3 rings (SSSR count). The van der Waals surface area contributed by atoms with Gasteiger partial charge >= 0.3 is 0 Å². The maximum Gasteiger partial charge on any atom is 0.225 e. The van der Waals surface area contributed by atoms with E-state index in [2.05, 4.69) is 0 Å². The van der Waals surface area contributed by atoms with Crippen molar-refractivity contribution in [3.05, 3.63) is 64.2 Å². The zero-order chi connectivity index (χ0) is 22.8. The van der Waals surface area contributed by atoms with Crippen LogP contribution in [-0.2, 0) is 21.7 Å². The Balaban J connectivity index is 1.98. The summed E-state index contributed by atoms with van der Waals surface area (Å²) in [7, 11) is 1.33. The third-order valence-electron chi connectivity index (χ3n) is 5.74. The molecule has 0 saturated carbocycles. The lowest BCUT2D eigenvalue weighted by molar-refractivity contribution is -0.393. The molecular formula is C23H29ClO7. The molecule has 0 unspecified atom stereocenters. The van der Waals surface area contributed by atoms with E-state index in [1.165, 1.54) is 14.0 Å². The minimum Gasteiger partial charge on any atom is -0.494 e. The molecule has 0 spiro atoms. The average molecular weight is 453 g/mol. The molecular weight excluding hydrogens is 424 g/mol. The Hall–Kier alpha value is -1.71. The number of aliphatic hydroxyl groups excluding tert-OH is 4. The predicted octanol–water partition coefficient (Wildman–Crippen LogP) is 1.99. The van der Waals surface area contributed by atoms with Gasteiger partial charge in [-0.3, -0.25) is 0 Å². The van der Waals surface area contributed by atoms with Crippen LogP contribution in [0.15, 0.2) is 42.5 Å². The smallest absolute Gasteiger partial charge is 0.225 e. The van der Waals surface area contributed by atoms with Crippen molar-refractivity contribution in [1.29, 1.82) is 0 Å². The molecule has 1 saturated heterocycles. The fraction of sp³-hybridized carbons (Fsp3) is 0.478. The number of halogens is 1. The summed E-state index contributed by atoms with van der Waals surface area (Å²) >= 11 is 6.43. The monoisotopic (exact) mass is 452 g/mol. The first-order valence-corrected chi connectivity index (χ1v) is 10.5. The van der Waals surface area contributed by atoms with E-state index in [4.69, 9.17) is 25.8 Å². The molecule has 1 aliphatic rings. The van der Waals surface area contributed by atoms with Gasteiger partial charge in [-0.15, -0.1) is 0 Å². The summed E-state index contributed by atoms with van der Waals surface area (Å²) in [6.45, 7) is 3.36. The predicted molar refractivity (Wildman–Crippen MR) is 115 cm³/mol. The topological polar surface area (TPSA) is 109 Å². The maximum absolute atomic E-state index is 10.8. The fourth-order valence-electron chi connectivity index (χ4n) is 3.88. The average Bonchev–Trinajstić information content (AvgIpc) is 2.78. The highest BCUT2D eigenvalue weighted by molar-refractivity contribution is 6.31. The molecule has 2 aromatic rings. The van der Waals surface area contributed by atoms with E-state index in [-0.39, 0.29) is 0 Å². The summed E-state index contributed by atoms with van der Waals surface area (Å²) in [5, 5.41) is 41.9. The van der Waals surface area contributed by atoms with Gasteiger partial charge < -0.3 is 34.6 Å². The van der Waals surface area contributed by atoms with Gasteiger partial charge in [-0.25, -0.2) is 0 Å². The van der Waals surface area contributed by atoms with Gasteiger partial charge in [0, 0.05) is 17.7 Å². The van der Waals surface area contributed by atoms with Crippen LogP contribution in [0.4, 0.5) is 0 Å². The van der Waals surface area contributed by atoms with E-state index in [1.54, 1.807) is 18.2 Å². The van der Waals surface area contributed by atoms with Crippen LogP contribution in [-0.4, -0.2) is 64.7 Å². The second kappa shape index (κ2) is 9.42. The van der Waals surface area contributed by atoms with Crippen molar-refractivity contribution in [2.45, 2.75) is 50.0 Å². The number of ether oxygens (including phenoxy) is 3. The Labute approximate surface area is 186 Å². The standard InChI is InChI=1S/C23H29ClO7/c1-4-30-17-8-5-14(6-9-17)11-15-12-16(7-10-18(15)24)23(29-3)21(28)19(26)20(27)22(2,13-25)31-23/h5-10,12,19-21,25-28H,4,11,13H2,1-3H3/t19-,20-,21+,22+,23-/m0/s1. The third-order valence-corrected chi connectivity index (χ3v) is 6.11. The van der Waals surface area contributed by atoms with E-state index in [0.29, 0.717) is 23.6 Å². The summed E-state index contributed by atoms with van der Waals surface area (Å²) in [4.78, 5) is 0. The molecule has 1 fully saturated rings. The largest absolute Gasteiger partial charge is 0.494 e. The lowest BCUT2D eigenvalue weighted by Gasteiger charge is -2.52. The lowest BCUT2D eigenvalue weighted by atomic mass is 9.82. The Morgan fingerprint density at radius 1 is 1.06 bits per heavy atom. The minimum absolute atomic E-state index is 0.401. The molecule has 0 radical (unpaired) electrons. The van der Waals surface area contributed by atoms with Gasteiger partial charge in [-0.05, 0) is 55.7 Å². The number of hydrogen-bond donors (Lipinski definition) is 4. The molecule has 0 aromatic heterocycles. The Kier molecular flexibility index (Phi) is 7.28. The van der Waals surface area contributed by atoms with Gasteiger partial charge in [0.1, 0.15) is 29.7 Å². The molecule has 2 aromatic carbocycles. The van der Waals surface area contributed by atoms with Crippen molar-refractivity contribution in [2.75, 3.05) is 20.3 Å². The number of rotatable bonds is 7. The van der Waals surface area contributed by atoms with Crippen molar-refractivity contribution in [3.8, 4) is 5.75 Å². The number of methoxy groups -OCH3 is 1. The highest BCUT2D eigenvalue weighted by Crippen LogP contribution is 2.44. The summed E-state index contributed by atoms with van der Waals surface area (Å²) in [5.74, 6) is -1.03. The van der Waals surface area contributed by atoms with Crippen LogP contribution in [0.2, 0.25) is 5.02 Å². The first-order chi connectivity index (χ1) is 14.7. The molecule has 0 aliphatic carbocycles. The fourth-order valence-corrected chi connectivity index (χ4v) is 4.06. The van der Waals surface area contributed by atoms with Crippen molar-refractivity contribution < 1.29 is 34.6 Å². The van der Waals surface area contributed by atoms with Gasteiger partial charge in [-0.2, -0.15) is 0 Å². The SMILES string of the molecule is CCOc1ccc(Cc2cc([C@]3(OC)O[C@](C)(CO)[C@@H](O)[C@H](O)[C@H]3O)ccc2Cl)cc1. The third kappa shape index (κ3) is 4.45. The van der Waals surface area contributed by atoms with Crippen LogP contribution < -0.4 is 4.74 Å². The van der Waals surface area contributed by atoms with Crippen molar-refractivity contribution in [2.24, 2.45) is 0 Å². The Bertz CT molecular complexity index is 890. The molecule has 1 aliphatic heterocycles. The molecule has 4 N–H and O–H groups in total. The zero-order valence-electron chi connectivity index (χ0n) is 17.8. The first-order valence-electron chi connectivity index (χ1n) is 10.1. The van der Waals surface area contributed by atoms with Crippen LogP contribution in [0.5, 0.6) is 5.75 Å². The van der Waals surface area contributed by atoms with Crippen LogP contribution >= 0.6 is 11.6 Å². The van der Waals surface area contributed by atoms with Crippen molar-refractivity contribution >= 4 is 11.6 Å². The van der Waals surface area contributed by atoms with E-state index in [9.17, 15) is 20.4 Å². The highest BCUT2D eigenvalue weighted by atomic mass is 35.5. The molecule has 8 heteroatoms. The van der Waals surface area contributed by atoms with E-state index in [1.807, 2.05) is 31.2 Å².